The Balaban J connectivity index is 2.43. The van der Waals surface area contributed by atoms with E-state index in [0.717, 1.165) is 27.8 Å². The molecule has 98 valence electrons. The first-order valence-electron chi connectivity index (χ1n) is 6.41. The van der Waals surface area contributed by atoms with E-state index in [2.05, 4.69) is 9.98 Å². The van der Waals surface area contributed by atoms with E-state index in [1.54, 1.807) is 0 Å². The fourth-order valence-electron chi connectivity index (χ4n) is 2.59. The van der Waals surface area contributed by atoms with Crippen LogP contribution in [0.5, 0.6) is 0 Å². The highest BCUT2D eigenvalue weighted by molar-refractivity contribution is 6.32. The molecule has 4 nitrogen and oxygen atoms in total. The molecule has 0 N–H and O–H groups in total. The van der Waals surface area contributed by atoms with E-state index >= 15 is 0 Å². The SMILES string of the molecule is Cc1ccc2c(c1)C(=NC#N)c1ccccc1C2=NC#N. The summed E-state index contributed by atoms with van der Waals surface area (Å²) in [6, 6.07) is 13.4. The van der Waals surface area contributed by atoms with E-state index in [0.29, 0.717) is 11.4 Å². The van der Waals surface area contributed by atoms with Crippen LogP contribution in [-0.4, -0.2) is 11.4 Å². The van der Waals surface area contributed by atoms with Crippen LogP contribution in [0.2, 0.25) is 0 Å². The minimum absolute atomic E-state index is 0.625. The van der Waals surface area contributed by atoms with Crippen LogP contribution >= 0.6 is 0 Å². The number of benzene rings is 2. The minimum Gasteiger partial charge on any atom is -0.172 e. The Hall–Kier alpha value is -3.24. The fraction of sp³-hybridized carbons (Fsp3) is 0.0588. The van der Waals surface area contributed by atoms with Crippen molar-refractivity contribution < 1.29 is 0 Å². The molecule has 21 heavy (non-hydrogen) atoms. The second-order valence-electron chi connectivity index (χ2n) is 4.72. The topological polar surface area (TPSA) is 72.3 Å². The summed E-state index contributed by atoms with van der Waals surface area (Å²) in [4.78, 5) is 7.96. The maximum atomic E-state index is 8.99. The second-order valence-corrected chi connectivity index (χ2v) is 4.72. The number of nitriles is 2. The van der Waals surface area contributed by atoms with Gasteiger partial charge in [0.15, 0.2) is 0 Å². The number of nitrogens with zero attached hydrogens (tertiary/aromatic N) is 4. The van der Waals surface area contributed by atoms with E-state index in [9.17, 15) is 0 Å². The van der Waals surface area contributed by atoms with Crippen LogP contribution in [0.4, 0.5) is 0 Å². The standard InChI is InChI=1S/C17H10N4/c1-11-6-7-14-15(8-11)17(21-10-19)13-5-3-2-4-12(13)16(14)20-9-18/h2-8H,1H3. The molecule has 0 atom stereocenters. The highest BCUT2D eigenvalue weighted by Gasteiger charge is 2.26. The van der Waals surface area contributed by atoms with Crippen LogP contribution in [0.15, 0.2) is 52.4 Å². The Morgan fingerprint density at radius 1 is 0.762 bits per heavy atom. The van der Waals surface area contributed by atoms with Crippen LogP contribution in [0.25, 0.3) is 0 Å². The molecule has 0 spiro atoms. The Kier molecular flexibility index (Phi) is 3.06. The molecule has 0 heterocycles. The lowest BCUT2D eigenvalue weighted by molar-refractivity contribution is 1.36. The molecule has 2 aromatic carbocycles. The molecule has 0 bridgehead atoms. The molecule has 0 fully saturated rings. The lowest BCUT2D eigenvalue weighted by Crippen LogP contribution is -2.22. The summed E-state index contributed by atoms with van der Waals surface area (Å²) in [5.41, 5.74) is 5.63. The third-order valence-corrected chi connectivity index (χ3v) is 3.45. The van der Waals surface area contributed by atoms with E-state index in [1.165, 1.54) is 0 Å². The summed E-state index contributed by atoms with van der Waals surface area (Å²) in [5.74, 6) is 0. The van der Waals surface area contributed by atoms with Crippen molar-refractivity contribution in [2.45, 2.75) is 6.92 Å². The monoisotopic (exact) mass is 270 g/mol. The summed E-state index contributed by atoms with van der Waals surface area (Å²) >= 11 is 0. The summed E-state index contributed by atoms with van der Waals surface area (Å²) in [5, 5.41) is 18.0. The normalized spacial score (nSPS) is 16.0. The molecule has 3 rings (SSSR count). The zero-order chi connectivity index (χ0) is 14.8. The van der Waals surface area contributed by atoms with Gasteiger partial charge in [0.25, 0.3) is 0 Å². The summed E-state index contributed by atoms with van der Waals surface area (Å²) in [6.07, 6.45) is 3.73. The number of hydrogen-bond acceptors (Lipinski definition) is 4. The number of hydrogen-bond donors (Lipinski definition) is 0. The average Bonchev–Trinajstić information content (AvgIpc) is 2.50. The van der Waals surface area contributed by atoms with Gasteiger partial charge in [-0.25, -0.2) is 0 Å². The van der Waals surface area contributed by atoms with E-state index in [-0.39, 0.29) is 0 Å². The fourth-order valence-corrected chi connectivity index (χ4v) is 2.59. The highest BCUT2D eigenvalue weighted by atomic mass is 14.8. The Labute approximate surface area is 122 Å². The van der Waals surface area contributed by atoms with Crippen LogP contribution in [0, 0.1) is 29.8 Å². The molecule has 0 aliphatic heterocycles. The van der Waals surface area contributed by atoms with Crippen molar-refractivity contribution in [2.24, 2.45) is 9.98 Å². The van der Waals surface area contributed by atoms with Crippen LogP contribution < -0.4 is 0 Å². The molecule has 0 unspecified atom stereocenters. The Morgan fingerprint density at radius 2 is 1.29 bits per heavy atom. The van der Waals surface area contributed by atoms with Crippen molar-refractivity contribution in [3.63, 3.8) is 0 Å². The van der Waals surface area contributed by atoms with Crippen LogP contribution in [-0.2, 0) is 0 Å². The smallest absolute Gasteiger partial charge is 0.172 e. The van der Waals surface area contributed by atoms with Crippen molar-refractivity contribution in [2.75, 3.05) is 0 Å². The van der Waals surface area contributed by atoms with Gasteiger partial charge in [0.1, 0.15) is 0 Å². The van der Waals surface area contributed by atoms with Crippen molar-refractivity contribution >= 4 is 11.4 Å². The lowest BCUT2D eigenvalue weighted by Gasteiger charge is -2.22. The maximum absolute atomic E-state index is 8.99. The third kappa shape index (κ3) is 2.00. The largest absolute Gasteiger partial charge is 0.206 e. The van der Waals surface area contributed by atoms with Gasteiger partial charge in [-0.15, -0.1) is 0 Å². The number of fused-ring (bicyclic) bond motifs is 2. The zero-order valence-corrected chi connectivity index (χ0v) is 11.3. The molecule has 0 aromatic heterocycles. The summed E-state index contributed by atoms with van der Waals surface area (Å²) in [6.45, 7) is 1.98. The predicted molar refractivity (Wildman–Crippen MR) is 80.1 cm³/mol. The molecule has 1 aliphatic rings. The number of aryl methyl sites for hydroxylation is 1. The van der Waals surface area contributed by atoms with Crippen LogP contribution in [0.3, 0.4) is 0 Å². The summed E-state index contributed by atoms with van der Waals surface area (Å²) < 4.78 is 0. The average molecular weight is 270 g/mol. The number of rotatable bonds is 0. The van der Waals surface area contributed by atoms with Gasteiger partial charge in [0.2, 0.25) is 12.4 Å². The molecule has 1 aliphatic carbocycles. The molecular formula is C17H10N4. The zero-order valence-electron chi connectivity index (χ0n) is 11.3. The van der Waals surface area contributed by atoms with Gasteiger partial charge in [-0.05, 0) is 13.0 Å². The quantitative estimate of drug-likeness (QED) is 0.589. The summed E-state index contributed by atoms with van der Waals surface area (Å²) in [7, 11) is 0. The molecule has 4 heteroatoms. The van der Waals surface area contributed by atoms with Gasteiger partial charge in [0, 0.05) is 22.3 Å². The molecule has 0 saturated carbocycles. The van der Waals surface area contributed by atoms with Gasteiger partial charge < -0.3 is 0 Å². The molecule has 2 aromatic rings. The first-order valence-corrected chi connectivity index (χ1v) is 6.41. The first kappa shape index (κ1) is 12.8. The molecule has 0 saturated heterocycles. The third-order valence-electron chi connectivity index (χ3n) is 3.45. The van der Waals surface area contributed by atoms with E-state index in [4.69, 9.17) is 10.5 Å². The van der Waals surface area contributed by atoms with Gasteiger partial charge in [-0.1, -0.05) is 42.0 Å². The lowest BCUT2D eigenvalue weighted by atomic mass is 9.82. The van der Waals surface area contributed by atoms with Crippen molar-refractivity contribution in [1.82, 2.24) is 0 Å². The Morgan fingerprint density at radius 3 is 1.86 bits per heavy atom. The first-order chi connectivity index (χ1) is 10.3. The van der Waals surface area contributed by atoms with Gasteiger partial charge in [-0.2, -0.15) is 20.5 Å². The number of aliphatic imine (C=N–C) groups is 2. The van der Waals surface area contributed by atoms with Crippen molar-refractivity contribution in [3.05, 3.63) is 70.3 Å². The molecule has 0 amide bonds. The molecule has 0 radical (unpaired) electrons. The van der Waals surface area contributed by atoms with Crippen molar-refractivity contribution in [1.29, 1.82) is 10.5 Å². The van der Waals surface area contributed by atoms with Gasteiger partial charge in [-0.3, -0.25) is 0 Å². The minimum atomic E-state index is 0.625. The van der Waals surface area contributed by atoms with Gasteiger partial charge in [0.05, 0.1) is 11.4 Å². The molecular weight excluding hydrogens is 260 g/mol. The maximum Gasteiger partial charge on any atom is 0.206 e. The second kappa shape index (κ2) is 5.03. The highest BCUT2D eigenvalue weighted by Crippen LogP contribution is 2.29. The van der Waals surface area contributed by atoms with Crippen LogP contribution in [0.1, 0.15) is 27.8 Å². The van der Waals surface area contributed by atoms with E-state index < -0.39 is 0 Å². The Bertz CT molecular complexity index is 876. The predicted octanol–water partition coefficient (Wildman–Crippen LogP) is 2.95. The van der Waals surface area contributed by atoms with Gasteiger partial charge >= 0.3 is 0 Å². The van der Waals surface area contributed by atoms with Crippen molar-refractivity contribution in [3.8, 4) is 12.4 Å². The van der Waals surface area contributed by atoms with E-state index in [1.807, 2.05) is 61.8 Å².